The number of hydrogen-bond acceptors (Lipinski definition) is 4. The number of nitrogens with zero attached hydrogens (tertiary/aromatic N) is 2. The molecular weight excluding hydrogens is 316 g/mol. The number of methoxy groups -OCH3 is 2. The van der Waals surface area contributed by atoms with E-state index in [0.717, 1.165) is 17.7 Å². The van der Waals surface area contributed by atoms with Crippen molar-refractivity contribution in [2.45, 2.75) is 25.5 Å². The molecule has 1 aliphatic heterocycles. The summed E-state index contributed by atoms with van der Waals surface area (Å²) in [6, 6.07) is 16.9. The SMILES string of the molecule is COc1ccc(C(=O)N2N=C(c3ccccc3)CC[C@@]2(C)OC)cc1. The predicted octanol–water partition coefficient (Wildman–Crippen LogP) is 3.70. The fourth-order valence-electron chi connectivity index (χ4n) is 2.87. The van der Waals surface area contributed by atoms with Crippen LogP contribution in [0.25, 0.3) is 0 Å². The second-order valence-corrected chi connectivity index (χ2v) is 6.14. The maximum absolute atomic E-state index is 13.0. The molecule has 0 aromatic heterocycles. The van der Waals surface area contributed by atoms with Gasteiger partial charge in [-0.2, -0.15) is 10.1 Å². The Kier molecular flexibility index (Phi) is 4.86. The molecule has 0 aliphatic carbocycles. The van der Waals surface area contributed by atoms with Gasteiger partial charge >= 0.3 is 0 Å². The van der Waals surface area contributed by atoms with Gasteiger partial charge in [-0.25, -0.2) is 0 Å². The number of carbonyl (C=O) groups is 1. The third-order valence-corrected chi connectivity index (χ3v) is 4.57. The maximum Gasteiger partial charge on any atom is 0.276 e. The van der Waals surface area contributed by atoms with Crippen LogP contribution in [0.5, 0.6) is 5.75 Å². The summed E-state index contributed by atoms with van der Waals surface area (Å²) in [5.74, 6) is 0.512. The fourth-order valence-corrected chi connectivity index (χ4v) is 2.87. The van der Waals surface area contributed by atoms with E-state index < -0.39 is 5.72 Å². The number of hydrazone groups is 1. The Bertz CT molecular complexity index is 771. The van der Waals surface area contributed by atoms with Crippen molar-refractivity contribution in [1.29, 1.82) is 0 Å². The summed E-state index contributed by atoms with van der Waals surface area (Å²) in [7, 11) is 3.21. The molecular formula is C20H22N2O3. The first kappa shape index (κ1) is 17.2. The molecule has 130 valence electrons. The lowest BCUT2D eigenvalue weighted by Crippen LogP contribution is -2.51. The molecule has 3 rings (SSSR count). The van der Waals surface area contributed by atoms with Crippen LogP contribution >= 0.6 is 0 Å². The van der Waals surface area contributed by atoms with Crippen LogP contribution in [0.1, 0.15) is 35.7 Å². The summed E-state index contributed by atoms with van der Waals surface area (Å²) in [5.41, 5.74) is 1.68. The Balaban J connectivity index is 1.97. The van der Waals surface area contributed by atoms with Crippen molar-refractivity contribution in [3.8, 4) is 5.75 Å². The lowest BCUT2D eigenvalue weighted by atomic mass is 9.98. The van der Waals surface area contributed by atoms with Crippen LogP contribution in [-0.4, -0.2) is 36.6 Å². The quantitative estimate of drug-likeness (QED) is 0.854. The first-order valence-electron chi connectivity index (χ1n) is 8.24. The van der Waals surface area contributed by atoms with E-state index in [4.69, 9.17) is 9.47 Å². The number of hydrogen-bond donors (Lipinski definition) is 0. The fraction of sp³-hybridized carbons (Fsp3) is 0.300. The average molecular weight is 338 g/mol. The van der Waals surface area contributed by atoms with Crippen LogP contribution in [-0.2, 0) is 4.74 Å². The molecule has 1 atom stereocenters. The summed E-state index contributed by atoms with van der Waals surface area (Å²) >= 11 is 0. The summed E-state index contributed by atoms with van der Waals surface area (Å²) in [6.07, 6.45) is 1.43. The Morgan fingerprint density at radius 2 is 1.76 bits per heavy atom. The highest BCUT2D eigenvalue weighted by molar-refractivity contribution is 6.03. The number of ether oxygens (including phenoxy) is 2. The second kappa shape index (κ2) is 7.07. The van der Waals surface area contributed by atoms with Gasteiger partial charge in [0, 0.05) is 19.1 Å². The molecule has 0 unspecified atom stereocenters. The summed E-state index contributed by atoms with van der Waals surface area (Å²) in [6.45, 7) is 1.89. The van der Waals surface area contributed by atoms with Crippen molar-refractivity contribution in [3.63, 3.8) is 0 Å². The largest absolute Gasteiger partial charge is 0.497 e. The van der Waals surface area contributed by atoms with Gasteiger partial charge in [-0.15, -0.1) is 0 Å². The summed E-state index contributed by atoms with van der Waals surface area (Å²) < 4.78 is 10.8. The van der Waals surface area contributed by atoms with Gasteiger partial charge in [0.2, 0.25) is 0 Å². The molecule has 25 heavy (non-hydrogen) atoms. The van der Waals surface area contributed by atoms with E-state index >= 15 is 0 Å². The minimum atomic E-state index is -0.769. The molecule has 0 fully saturated rings. The van der Waals surface area contributed by atoms with Gasteiger partial charge in [-0.3, -0.25) is 4.79 Å². The van der Waals surface area contributed by atoms with Gasteiger partial charge in [0.1, 0.15) is 5.75 Å². The third-order valence-electron chi connectivity index (χ3n) is 4.57. The van der Waals surface area contributed by atoms with E-state index in [0.29, 0.717) is 17.7 Å². The average Bonchev–Trinajstić information content (AvgIpc) is 2.68. The Morgan fingerprint density at radius 3 is 2.36 bits per heavy atom. The van der Waals surface area contributed by atoms with Crippen LogP contribution < -0.4 is 4.74 Å². The van der Waals surface area contributed by atoms with Gasteiger partial charge in [0.05, 0.1) is 12.8 Å². The molecule has 0 spiro atoms. The standard InChI is InChI=1S/C20H22N2O3/c1-20(25-3)14-13-18(15-7-5-4-6-8-15)21-22(20)19(23)16-9-11-17(24-2)12-10-16/h4-12H,13-14H2,1-3H3/t20-/m1/s1. The summed E-state index contributed by atoms with van der Waals surface area (Å²) in [5, 5.41) is 6.10. The van der Waals surface area contributed by atoms with Crippen molar-refractivity contribution >= 4 is 11.6 Å². The van der Waals surface area contributed by atoms with Gasteiger partial charge < -0.3 is 9.47 Å². The molecule has 0 N–H and O–H groups in total. The minimum Gasteiger partial charge on any atom is -0.497 e. The number of carbonyl (C=O) groups excluding carboxylic acids is 1. The number of amides is 1. The Labute approximate surface area is 147 Å². The van der Waals surface area contributed by atoms with Gasteiger partial charge in [0.15, 0.2) is 5.72 Å². The zero-order chi connectivity index (χ0) is 17.9. The topological polar surface area (TPSA) is 51.1 Å². The van der Waals surface area contributed by atoms with Crippen molar-refractivity contribution in [2.75, 3.05) is 14.2 Å². The van der Waals surface area contributed by atoms with Gasteiger partial charge in [0.25, 0.3) is 5.91 Å². The molecule has 2 aromatic rings. The van der Waals surface area contributed by atoms with E-state index in [1.165, 1.54) is 5.01 Å². The van der Waals surface area contributed by atoms with Crippen molar-refractivity contribution in [2.24, 2.45) is 5.10 Å². The predicted molar refractivity (Wildman–Crippen MR) is 96.8 cm³/mol. The van der Waals surface area contributed by atoms with Crippen LogP contribution in [0.2, 0.25) is 0 Å². The van der Waals surface area contributed by atoms with Crippen LogP contribution in [0.3, 0.4) is 0 Å². The van der Waals surface area contributed by atoms with Crippen molar-refractivity contribution < 1.29 is 14.3 Å². The molecule has 5 nitrogen and oxygen atoms in total. The molecule has 1 heterocycles. The molecule has 0 radical (unpaired) electrons. The second-order valence-electron chi connectivity index (χ2n) is 6.14. The zero-order valence-corrected chi connectivity index (χ0v) is 14.7. The highest BCUT2D eigenvalue weighted by atomic mass is 16.5. The van der Waals surface area contributed by atoms with Crippen LogP contribution in [0, 0.1) is 0 Å². The lowest BCUT2D eigenvalue weighted by molar-refractivity contribution is -0.111. The first-order chi connectivity index (χ1) is 12.1. The highest BCUT2D eigenvalue weighted by Gasteiger charge is 2.39. The van der Waals surface area contributed by atoms with Crippen molar-refractivity contribution in [3.05, 3.63) is 65.7 Å². The van der Waals surface area contributed by atoms with E-state index in [9.17, 15) is 4.79 Å². The third kappa shape index (κ3) is 3.42. The molecule has 2 aromatic carbocycles. The smallest absolute Gasteiger partial charge is 0.276 e. The number of benzene rings is 2. The van der Waals surface area contributed by atoms with E-state index in [-0.39, 0.29) is 5.91 Å². The molecule has 5 heteroatoms. The first-order valence-corrected chi connectivity index (χ1v) is 8.24. The Morgan fingerprint density at radius 1 is 1.08 bits per heavy atom. The van der Waals surface area contributed by atoms with E-state index in [2.05, 4.69) is 5.10 Å². The lowest BCUT2D eigenvalue weighted by Gasteiger charge is -2.40. The Hall–Kier alpha value is -2.66. The van der Waals surface area contributed by atoms with Crippen molar-refractivity contribution in [1.82, 2.24) is 5.01 Å². The molecule has 0 saturated carbocycles. The van der Waals surface area contributed by atoms with Gasteiger partial charge in [-0.1, -0.05) is 30.3 Å². The van der Waals surface area contributed by atoms with E-state index in [1.807, 2.05) is 37.3 Å². The van der Waals surface area contributed by atoms with Gasteiger partial charge in [-0.05, 0) is 43.2 Å². The molecule has 0 saturated heterocycles. The van der Waals surface area contributed by atoms with Crippen LogP contribution in [0.15, 0.2) is 59.7 Å². The van der Waals surface area contributed by atoms with Crippen LogP contribution in [0.4, 0.5) is 0 Å². The molecule has 1 aliphatic rings. The zero-order valence-electron chi connectivity index (χ0n) is 14.7. The molecule has 0 bridgehead atoms. The normalized spacial score (nSPS) is 20.1. The minimum absolute atomic E-state index is 0.194. The maximum atomic E-state index is 13.0. The monoisotopic (exact) mass is 338 g/mol. The number of rotatable bonds is 4. The highest BCUT2D eigenvalue weighted by Crippen LogP contribution is 2.31. The summed E-state index contributed by atoms with van der Waals surface area (Å²) in [4.78, 5) is 13.0. The van der Waals surface area contributed by atoms with E-state index in [1.54, 1.807) is 38.5 Å². The molecule has 1 amide bonds.